The van der Waals surface area contributed by atoms with Crippen LogP contribution in [0.3, 0.4) is 0 Å². The summed E-state index contributed by atoms with van der Waals surface area (Å²) in [5.74, 6) is -2.46. The van der Waals surface area contributed by atoms with E-state index in [2.05, 4.69) is 21.3 Å². The van der Waals surface area contributed by atoms with E-state index in [0.717, 1.165) is 5.56 Å². The minimum absolute atomic E-state index is 0.00140. The summed E-state index contributed by atoms with van der Waals surface area (Å²) in [4.78, 5) is 65.9. The summed E-state index contributed by atoms with van der Waals surface area (Å²) < 4.78 is 0. The van der Waals surface area contributed by atoms with E-state index in [4.69, 9.17) is 5.73 Å². The van der Waals surface area contributed by atoms with Crippen molar-refractivity contribution in [2.24, 2.45) is 11.7 Å². The number of carboxylic acid groups (broad SMARTS) is 1. The van der Waals surface area contributed by atoms with Gasteiger partial charge < -0.3 is 37.2 Å². The van der Waals surface area contributed by atoms with Gasteiger partial charge in [-0.25, -0.2) is 4.79 Å². The maximum Gasteiger partial charge on any atom is 0.326 e. The molecule has 0 unspecified atom stereocenters. The Kier molecular flexibility index (Phi) is 17.9. The van der Waals surface area contributed by atoms with E-state index in [1.807, 2.05) is 56.7 Å². The Balaban J connectivity index is 2.37. The van der Waals surface area contributed by atoms with Crippen LogP contribution in [0.15, 0.2) is 54.6 Å². The van der Waals surface area contributed by atoms with Gasteiger partial charge in [-0.2, -0.15) is 23.5 Å². The molecule has 2 aromatic carbocycles. The molecule has 5 atom stereocenters. The molecule has 0 saturated heterocycles. The van der Waals surface area contributed by atoms with Crippen LogP contribution in [0.25, 0.3) is 0 Å². The molecular formula is C34H49N5O7S2. The maximum atomic E-state index is 13.9. The highest BCUT2D eigenvalue weighted by Crippen LogP contribution is 2.14. The van der Waals surface area contributed by atoms with Gasteiger partial charge in [-0.3, -0.25) is 19.2 Å². The summed E-state index contributed by atoms with van der Waals surface area (Å²) in [6, 6.07) is 9.91. The lowest BCUT2D eigenvalue weighted by atomic mass is 9.99. The molecule has 0 aliphatic heterocycles. The Hall–Kier alpha value is -3.75. The fourth-order valence-corrected chi connectivity index (χ4v) is 5.76. The Bertz CT molecular complexity index is 1330. The molecular weight excluding hydrogens is 655 g/mol. The van der Waals surface area contributed by atoms with E-state index in [-0.39, 0.29) is 37.4 Å². The predicted molar refractivity (Wildman–Crippen MR) is 191 cm³/mol. The van der Waals surface area contributed by atoms with Crippen molar-refractivity contribution in [3.8, 4) is 5.75 Å². The van der Waals surface area contributed by atoms with E-state index in [9.17, 15) is 34.2 Å². The average Bonchev–Trinajstić information content (AvgIpc) is 3.05. The molecule has 0 aromatic heterocycles. The molecule has 0 radical (unpaired) electrons. The number of nitrogens with one attached hydrogen (secondary N) is 4. The van der Waals surface area contributed by atoms with Crippen LogP contribution < -0.4 is 27.0 Å². The number of rotatable bonds is 21. The van der Waals surface area contributed by atoms with Gasteiger partial charge in [-0.1, -0.05) is 56.3 Å². The number of aliphatic carboxylic acids is 1. The lowest BCUT2D eigenvalue weighted by Gasteiger charge is -2.27. The molecule has 0 aliphatic rings. The van der Waals surface area contributed by atoms with E-state index >= 15 is 0 Å². The Morgan fingerprint density at radius 2 is 1.12 bits per heavy atom. The SMILES string of the molecule is CSCC[C@H](NC(=O)[C@H](CC(C)C)NC(=O)[C@H](Cc1ccc(O)cc1)NC(=O)[C@H](Cc1ccccc1)NC(=O)[C@@H](N)CCSC)C(=O)O. The monoisotopic (exact) mass is 703 g/mol. The average molecular weight is 704 g/mol. The van der Waals surface area contributed by atoms with Gasteiger partial charge in [-0.15, -0.1) is 0 Å². The third-order valence-electron chi connectivity index (χ3n) is 7.46. The fraction of sp³-hybridized carbons (Fsp3) is 0.500. The molecule has 0 fully saturated rings. The van der Waals surface area contributed by atoms with Crippen LogP contribution >= 0.6 is 23.5 Å². The lowest BCUT2D eigenvalue weighted by Crippen LogP contribution is -2.59. The van der Waals surface area contributed by atoms with E-state index in [1.165, 1.54) is 23.9 Å². The van der Waals surface area contributed by atoms with Crippen molar-refractivity contribution in [2.45, 2.75) is 76.2 Å². The molecule has 14 heteroatoms. The standard InChI is InChI=1S/C34H49N5O7S2/c1-21(2)18-27(31(42)36-26(34(45)46)15-17-48-4)38-33(44)29(20-23-10-12-24(40)13-11-23)39-32(43)28(19-22-8-6-5-7-9-22)37-30(41)25(35)14-16-47-3/h5-13,21,25-29,40H,14-20,35H2,1-4H3,(H,36,42)(H,37,41)(H,38,44)(H,39,43)(H,45,46)/t25-,26-,27-,28-,29-/m0/s1. The molecule has 12 nitrogen and oxygen atoms in total. The molecule has 0 saturated carbocycles. The topological polar surface area (TPSA) is 200 Å². The summed E-state index contributed by atoms with van der Waals surface area (Å²) in [6.45, 7) is 3.73. The number of hydrogen-bond donors (Lipinski definition) is 7. The van der Waals surface area contributed by atoms with Gasteiger partial charge in [0, 0.05) is 12.8 Å². The molecule has 0 heterocycles. The van der Waals surface area contributed by atoms with Gasteiger partial charge in [0.2, 0.25) is 23.6 Å². The molecule has 8 N–H and O–H groups in total. The van der Waals surface area contributed by atoms with E-state index in [1.54, 1.807) is 23.9 Å². The zero-order valence-corrected chi connectivity index (χ0v) is 29.6. The van der Waals surface area contributed by atoms with Crippen molar-refractivity contribution in [1.82, 2.24) is 21.3 Å². The lowest BCUT2D eigenvalue weighted by molar-refractivity contribution is -0.142. The van der Waals surface area contributed by atoms with Gasteiger partial charge in [0.05, 0.1) is 6.04 Å². The third kappa shape index (κ3) is 14.6. The molecule has 0 aliphatic carbocycles. The number of thioether (sulfide) groups is 2. The highest BCUT2D eigenvalue weighted by Gasteiger charge is 2.32. The molecule has 264 valence electrons. The van der Waals surface area contributed by atoms with Gasteiger partial charge in [-0.05, 0) is 72.5 Å². The number of carboxylic acids is 1. The minimum Gasteiger partial charge on any atom is -0.508 e. The van der Waals surface area contributed by atoms with Crippen molar-refractivity contribution < 1.29 is 34.2 Å². The van der Waals surface area contributed by atoms with Crippen LogP contribution in [-0.2, 0) is 36.8 Å². The first kappa shape index (κ1) is 40.4. The first-order chi connectivity index (χ1) is 22.8. The zero-order chi connectivity index (χ0) is 35.6. The van der Waals surface area contributed by atoms with Crippen LogP contribution in [-0.4, -0.2) is 94.0 Å². The number of benzene rings is 2. The van der Waals surface area contributed by atoms with Gasteiger partial charge >= 0.3 is 5.97 Å². The summed E-state index contributed by atoms with van der Waals surface area (Å²) in [5.41, 5.74) is 7.49. The smallest absolute Gasteiger partial charge is 0.326 e. The van der Waals surface area contributed by atoms with Crippen LogP contribution in [0.1, 0.15) is 44.2 Å². The van der Waals surface area contributed by atoms with Gasteiger partial charge in [0.25, 0.3) is 0 Å². The summed E-state index contributed by atoms with van der Waals surface area (Å²) in [5, 5.41) is 30.2. The molecule has 48 heavy (non-hydrogen) atoms. The zero-order valence-electron chi connectivity index (χ0n) is 27.9. The Morgan fingerprint density at radius 3 is 1.65 bits per heavy atom. The van der Waals surface area contributed by atoms with Crippen LogP contribution in [0, 0.1) is 5.92 Å². The molecule has 0 bridgehead atoms. The number of hydrogen-bond acceptors (Lipinski definition) is 9. The third-order valence-corrected chi connectivity index (χ3v) is 8.75. The number of phenolic OH excluding ortho intramolecular Hbond substituents is 1. The predicted octanol–water partition coefficient (Wildman–Crippen LogP) is 2.08. The first-order valence-corrected chi connectivity index (χ1v) is 18.6. The maximum absolute atomic E-state index is 13.9. The first-order valence-electron chi connectivity index (χ1n) is 15.8. The number of amides is 4. The second-order valence-electron chi connectivity index (χ2n) is 11.9. The van der Waals surface area contributed by atoms with Crippen LogP contribution in [0.2, 0.25) is 0 Å². The molecule has 4 amide bonds. The summed E-state index contributed by atoms with van der Waals surface area (Å²) in [6.07, 6.45) is 4.71. The summed E-state index contributed by atoms with van der Waals surface area (Å²) in [7, 11) is 0. The van der Waals surface area contributed by atoms with Gasteiger partial charge in [0.1, 0.15) is 29.9 Å². The highest BCUT2D eigenvalue weighted by molar-refractivity contribution is 7.98. The Morgan fingerprint density at radius 1 is 0.667 bits per heavy atom. The number of carbonyl (C=O) groups is 5. The highest BCUT2D eigenvalue weighted by atomic mass is 32.2. The van der Waals surface area contributed by atoms with Crippen LogP contribution in [0.5, 0.6) is 5.75 Å². The Labute approximate surface area is 291 Å². The van der Waals surface area contributed by atoms with Crippen molar-refractivity contribution in [3.05, 3.63) is 65.7 Å². The normalized spacial score (nSPS) is 14.2. The van der Waals surface area contributed by atoms with Crippen molar-refractivity contribution in [2.75, 3.05) is 24.0 Å². The van der Waals surface area contributed by atoms with Crippen molar-refractivity contribution in [3.63, 3.8) is 0 Å². The quantitative estimate of drug-likeness (QED) is 0.101. The minimum atomic E-state index is -1.20. The molecule has 2 rings (SSSR count). The fourth-order valence-electron chi connectivity index (χ4n) is 4.80. The number of aromatic hydroxyl groups is 1. The molecule has 2 aromatic rings. The number of phenols is 1. The van der Waals surface area contributed by atoms with Gasteiger partial charge in [0.15, 0.2) is 0 Å². The summed E-state index contributed by atoms with van der Waals surface area (Å²) >= 11 is 3.00. The second-order valence-corrected chi connectivity index (χ2v) is 13.9. The largest absolute Gasteiger partial charge is 0.508 e. The van der Waals surface area contributed by atoms with Crippen LogP contribution in [0.4, 0.5) is 0 Å². The number of nitrogens with two attached hydrogens (primary N) is 1. The van der Waals surface area contributed by atoms with E-state index in [0.29, 0.717) is 23.5 Å². The molecule has 0 spiro atoms. The van der Waals surface area contributed by atoms with Crippen molar-refractivity contribution >= 4 is 53.1 Å². The van der Waals surface area contributed by atoms with E-state index < -0.39 is 59.8 Å². The number of carbonyl (C=O) groups excluding carboxylic acids is 4. The second kappa shape index (κ2) is 21.3. The van der Waals surface area contributed by atoms with Crippen molar-refractivity contribution in [1.29, 1.82) is 0 Å².